The second-order valence-corrected chi connectivity index (χ2v) is 14.4. The molecule has 252 valence electrons. The van der Waals surface area contributed by atoms with Crippen molar-refractivity contribution in [3.63, 3.8) is 0 Å². The fourth-order valence-corrected chi connectivity index (χ4v) is 8.26. The highest BCUT2D eigenvalue weighted by atomic mass is 16.5. The summed E-state index contributed by atoms with van der Waals surface area (Å²) in [5.41, 5.74) is 4.56. The highest BCUT2D eigenvalue weighted by molar-refractivity contribution is 6.02. The van der Waals surface area contributed by atoms with Crippen LogP contribution in [0.25, 0.3) is 0 Å². The van der Waals surface area contributed by atoms with Gasteiger partial charge in [0.15, 0.2) is 5.78 Å². The predicted molar refractivity (Wildman–Crippen MR) is 193 cm³/mol. The molecule has 2 N–H and O–H groups in total. The molecule has 4 aromatic rings. The number of carbonyl (C=O) groups is 2. The molecule has 7 heteroatoms. The minimum Gasteiger partial charge on any atom is -0.496 e. The number of amides is 1. The van der Waals surface area contributed by atoms with Gasteiger partial charge < -0.3 is 25.0 Å². The molecule has 1 saturated heterocycles. The first-order valence-corrected chi connectivity index (χ1v) is 17.3. The molecule has 3 aliphatic rings. The van der Waals surface area contributed by atoms with Gasteiger partial charge in [0.1, 0.15) is 11.4 Å². The summed E-state index contributed by atoms with van der Waals surface area (Å²) in [6, 6.07) is 35.1. The number of nitrogens with one attached hydrogen (secondary N) is 1. The highest BCUT2D eigenvalue weighted by Crippen LogP contribution is 2.50. The standard InChI is InChI=1S/C42H45N3O4/c1-41(2)26-34-39(36(46)27-41)40(32-18-10-13-21-37(32)49-3)45(35-20-12-11-19-33(35)43-34)28-38(47)44-24-22-31(23-25-44)42(48,29-14-6-4-7-15-29)30-16-8-5-9-17-30/h4-21,31,40,43,48H,22-28H2,1-3H3. The van der Waals surface area contributed by atoms with E-state index in [1.165, 1.54) is 0 Å². The van der Waals surface area contributed by atoms with Crippen LogP contribution < -0.4 is 15.0 Å². The molecule has 0 radical (unpaired) electrons. The minimum atomic E-state index is -1.17. The summed E-state index contributed by atoms with van der Waals surface area (Å²) in [6.45, 7) is 5.40. The number of ether oxygens (including phenoxy) is 1. The Labute approximate surface area is 289 Å². The number of anilines is 2. The first kappa shape index (κ1) is 32.7. The van der Waals surface area contributed by atoms with Crippen molar-refractivity contribution >= 4 is 23.1 Å². The fourth-order valence-electron chi connectivity index (χ4n) is 8.26. The number of fused-ring (bicyclic) bond motifs is 1. The van der Waals surface area contributed by atoms with Crippen molar-refractivity contribution in [1.29, 1.82) is 0 Å². The Hall–Kier alpha value is -4.88. The van der Waals surface area contributed by atoms with E-state index in [-0.39, 0.29) is 29.6 Å². The Kier molecular flexibility index (Phi) is 8.80. The topological polar surface area (TPSA) is 82.1 Å². The van der Waals surface area contributed by atoms with Gasteiger partial charge in [0.25, 0.3) is 0 Å². The summed E-state index contributed by atoms with van der Waals surface area (Å²) >= 11 is 0. The maximum Gasteiger partial charge on any atom is 0.242 e. The van der Waals surface area contributed by atoms with Crippen LogP contribution in [0.1, 0.15) is 62.3 Å². The highest BCUT2D eigenvalue weighted by Gasteiger charge is 2.45. The molecule has 1 unspecified atom stereocenters. The van der Waals surface area contributed by atoms with Gasteiger partial charge in [0.05, 0.1) is 31.1 Å². The molecule has 0 bridgehead atoms. The lowest BCUT2D eigenvalue weighted by Crippen LogP contribution is -2.49. The molecule has 7 nitrogen and oxygen atoms in total. The van der Waals surface area contributed by atoms with Gasteiger partial charge >= 0.3 is 0 Å². The quantitative estimate of drug-likeness (QED) is 0.215. The van der Waals surface area contributed by atoms with Crippen molar-refractivity contribution in [3.8, 4) is 5.75 Å². The van der Waals surface area contributed by atoms with Crippen molar-refractivity contribution in [2.75, 3.05) is 37.0 Å². The molecular weight excluding hydrogens is 610 g/mol. The van der Waals surface area contributed by atoms with Gasteiger partial charge in [-0.15, -0.1) is 0 Å². The van der Waals surface area contributed by atoms with Crippen LogP contribution in [0.3, 0.4) is 0 Å². The first-order chi connectivity index (χ1) is 23.7. The Morgan fingerprint density at radius 1 is 0.857 bits per heavy atom. The van der Waals surface area contributed by atoms with Crippen molar-refractivity contribution in [2.45, 2.75) is 51.2 Å². The molecule has 0 spiro atoms. The number of aliphatic hydroxyl groups is 1. The average molecular weight is 656 g/mol. The summed E-state index contributed by atoms with van der Waals surface area (Å²) in [7, 11) is 1.65. The van der Waals surface area contributed by atoms with Crippen molar-refractivity contribution in [2.24, 2.45) is 11.3 Å². The van der Waals surface area contributed by atoms with Gasteiger partial charge in [0, 0.05) is 36.3 Å². The van der Waals surface area contributed by atoms with E-state index in [1.807, 2.05) is 114 Å². The van der Waals surface area contributed by atoms with Gasteiger partial charge in [-0.05, 0) is 59.9 Å². The zero-order valence-corrected chi connectivity index (χ0v) is 28.6. The number of para-hydroxylation sites is 3. The number of rotatable bonds is 7. The number of ketones is 1. The van der Waals surface area contributed by atoms with E-state index in [0.717, 1.165) is 40.2 Å². The average Bonchev–Trinajstić information content (AvgIpc) is 3.25. The van der Waals surface area contributed by atoms with E-state index in [9.17, 15) is 14.7 Å². The lowest BCUT2D eigenvalue weighted by Gasteiger charge is -2.43. The molecule has 1 fully saturated rings. The molecule has 1 aliphatic carbocycles. The summed E-state index contributed by atoms with van der Waals surface area (Å²) in [5, 5.41) is 16.1. The van der Waals surface area contributed by atoms with E-state index in [0.29, 0.717) is 43.7 Å². The third-order valence-electron chi connectivity index (χ3n) is 10.6. The van der Waals surface area contributed by atoms with Gasteiger partial charge in [-0.2, -0.15) is 0 Å². The number of carbonyl (C=O) groups excluding carboxylic acids is 2. The van der Waals surface area contributed by atoms with Crippen LogP contribution in [0.2, 0.25) is 0 Å². The summed E-state index contributed by atoms with van der Waals surface area (Å²) in [5.74, 6) is 0.683. The van der Waals surface area contributed by atoms with Crippen LogP contribution in [-0.4, -0.2) is 48.4 Å². The van der Waals surface area contributed by atoms with Gasteiger partial charge in [-0.25, -0.2) is 0 Å². The molecule has 0 aromatic heterocycles. The number of allylic oxidation sites excluding steroid dienone is 1. The van der Waals surface area contributed by atoms with Crippen LogP contribution >= 0.6 is 0 Å². The summed E-state index contributed by atoms with van der Waals surface area (Å²) < 4.78 is 5.87. The molecule has 7 rings (SSSR count). The fraction of sp³-hybridized carbons (Fsp3) is 0.333. The normalized spacial score (nSPS) is 19.4. The Bertz CT molecular complexity index is 1820. The van der Waals surface area contributed by atoms with Crippen LogP contribution in [-0.2, 0) is 15.2 Å². The number of nitrogens with zero attached hydrogens (tertiary/aromatic N) is 2. The number of piperidine rings is 1. The van der Waals surface area contributed by atoms with Crippen LogP contribution in [0.5, 0.6) is 5.75 Å². The third-order valence-corrected chi connectivity index (χ3v) is 10.6. The Morgan fingerprint density at radius 3 is 2.10 bits per heavy atom. The molecular formula is C42H45N3O4. The summed E-state index contributed by atoms with van der Waals surface area (Å²) in [6.07, 6.45) is 2.46. The smallest absolute Gasteiger partial charge is 0.242 e. The largest absolute Gasteiger partial charge is 0.496 e. The van der Waals surface area contributed by atoms with Crippen LogP contribution in [0.4, 0.5) is 11.4 Å². The minimum absolute atomic E-state index is 0.0104. The van der Waals surface area contributed by atoms with Gasteiger partial charge in [-0.3, -0.25) is 9.59 Å². The zero-order valence-electron chi connectivity index (χ0n) is 28.6. The number of hydrogen-bond donors (Lipinski definition) is 2. The van der Waals surface area contributed by atoms with Crippen LogP contribution in [0, 0.1) is 11.3 Å². The monoisotopic (exact) mass is 655 g/mol. The Balaban J connectivity index is 1.22. The second kappa shape index (κ2) is 13.2. The van der Waals surface area contributed by atoms with E-state index in [1.54, 1.807) is 7.11 Å². The lowest BCUT2D eigenvalue weighted by molar-refractivity contribution is -0.132. The maximum absolute atomic E-state index is 14.4. The molecule has 2 aliphatic heterocycles. The molecule has 0 saturated carbocycles. The van der Waals surface area contributed by atoms with Gasteiger partial charge in [-0.1, -0.05) is 105 Å². The SMILES string of the molecule is COc1ccccc1C1C2=C(CC(C)(C)CC2=O)Nc2ccccc2N1CC(=O)N1CCC(C(O)(c2ccccc2)c2ccccc2)CC1. The summed E-state index contributed by atoms with van der Waals surface area (Å²) in [4.78, 5) is 32.6. The number of likely N-dealkylation sites (tertiary alicyclic amines) is 1. The van der Waals surface area contributed by atoms with Crippen molar-refractivity contribution in [3.05, 3.63) is 137 Å². The van der Waals surface area contributed by atoms with Crippen molar-refractivity contribution < 1.29 is 19.4 Å². The van der Waals surface area contributed by atoms with E-state index < -0.39 is 11.6 Å². The number of benzene rings is 4. The maximum atomic E-state index is 14.4. The lowest BCUT2D eigenvalue weighted by atomic mass is 9.72. The molecule has 1 atom stereocenters. The zero-order chi connectivity index (χ0) is 34.2. The molecule has 49 heavy (non-hydrogen) atoms. The predicted octanol–water partition coefficient (Wildman–Crippen LogP) is 7.49. The first-order valence-electron chi connectivity index (χ1n) is 17.3. The Morgan fingerprint density at radius 2 is 1.45 bits per heavy atom. The van der Waals surface area contributed by atoms with E-state index in [2.05, 4.69) is 24.1 Å². The second-order valence-electron chi connectivity index (χ2n) is 14.4. The molecule has 4 aromatic carbocycles. The van der Waals surface area contributed by atoms with Gasteiger partial charge in [0.2, 0.25) is 5.91 Å². The molecule has 1 amide bonds. The van der Waals surface area contributed by atoms with E-state index in [4.69, 9.17) is 4.74 Å². The third kappa shape index (κ3) is 6.12. The molecule has 2 heterocycles. The number of Topliss-reactive ketones (excluding diaryl/α,β-unsaturated/α-hetero) is 1. The van der Waals surface area contributed by atoms with Crippen molar-refractivity contribution in [1.82, 2.24) is 4.90 Å². The van der Waals surface area contributed by atoms with Crippen LogP contribution in [0.15, 0.2) is 120 Å². The van der Waals surface area contributed by atoms with E-state index >= 15 is 0 Å². The number of methoxy groups -OCH3 is 1. The number of hydrogen-bond acceptors (Lipinski definition) is 6.